The molecule has 0 aliphatic heterocycles. The molecule has 65 valence electrons. The predicted molar refractivity (Wildman–Crippen MR) is 53.5 cm³/mol. The summed E-state index contributed by atoms with van der Waals surface area (Å²) in [6.07, 6.45) is 0. The van der Waals surface area contributed by atoms with E-state index < -0.39 is 0 Å². The van der Waals surface area contributed by atoms with Crippen LogP contribution < -0.4 is 0 Å². The molecule has 1 heteroatoms. The number of methoxy groups -OCH3 is 1. The van der Waals surface area contributed by atoms with Crippen molar-refractivity contribution < 1.29 is 4.74 Å². The summed E-state index contributed by atoms with van der Waals surface area (Å²) < 4.78 is 5.07. The Morgan fingerprint density at radius 1 is 1.31 bits per heavy atom. The fourth-order valence-electron chi connectivity index (χ4n) is 1.43. The van der Waals surface area contributed by atoms with Crippen LogP contribution in [0.3, 0.4) is 0 Å². The van der Waals surface area contributed by atoms with Gasteiger partial charge in [0.1, 0.15) is 0 Å². The van der Waals surface area contributed by atoms with Crippen LogP contribution in [-0.2, 0) is 11.3 Å². The van der Waals surface area contributed by atoms with E-state index in [1.54, 1.807) is 7.11 Å². The molecule has 0 unspecified atom stereocenters. The molecule has 0 fully saturated rings. The molecule has 13 heavy (non-hydrogen) atoms. The second kappa shape index (κ2) is 3.58. The lowest BCUT2D eigenvalue weighted by Crippen LogP contribution is -1.86. The lowest BCUT2D eigenvalue weighted by molar-refractivity contribution is 0.185. The van der Waals surface area contributed by atoms with Gasteiger partial charge in [-0.15, -0.1) is 0 Å². The minimum atomic E-state index is 0.671. The minimum Gasteiger partial charge on any atom is -0.380 e. The molecular weight excluding hydrogens is 160 g/mol. The highest BCUT2D eigenvalue weighted by atomic mass is 16.5. The van der Waals surface area contributed by atoms with Crippen LogP contribution in [0.2, 0.25) is 0 Å². The van der Waals surface area contributed by atoms with Crippen molar-refractivity contribution in [3.05, 3.63) is 48.0 Å². The van der Waals surface area contributed by atoms with Gasteiger partial charge in [0.15, 0.2) is 0 Å². The molecule has 1 nitrogen and oxygen atoms in total. The fourth-order valence-corrected chi connectivity index (χ4v) is 1.43. The first kappa shape index (κ1) is 8.27. The summed E-state index contributed by atoms with van der Waals surface area (Å²) >= 11 is 0. The molecule has 0 saturated carbocycles. The predicted octanol–water partition coefficient (Wildman–Crippen LogP) is 2.79. The number of rotatable bonds is 2. The normalized spacial score (nSPS) is 10.5. The van der Waals surface area contributed by atoms with Crippen LogP contribution in [-0.4, -0.2) is 7.11 Å². The van der Waals surface area contributed by atoms with E-state index in [1.165, 1.54) is 10.9 Å². The first-order chi connectivity index (χ1) is 6.40. The zero-order valence-corrected chi connectivity index (χ0v) is 7.58. The van der Waals surface area contributed by atoms with E-state index in [0.29, 0.717) is 6.61 Å². The number of hydrogen-bond acceptors (Lipinski definition) is 1. The van der Waals surface area contributed by atoms with Crippen LogP contribution in [0, 0.1) is 6.07 Å². The maximum Gasteiger partial charge on any atom is 0.0713 e. The third-order valence-electron chi connectivity index (χ3n) is 2.04. The summed E-state index contributed by atoms with van der Waals surface area (Å²) in [5.74, 6) is 0. The summed E-state index contributed by atoms with van der Waals surface area (Å²) in [6, 6.07) is 15.5. The SMILES string of the molecule is COCc1ccc2[c]cccc2c1. The first-order valence-electron chi connectivity index (χ1n) is 4.28. The molecule has 0 amide bonds. The molecule has 0 aromatic heterocycles. The Kier molecular flexibility index (Phi) is 2.28. The van der Waals surface area contributed by atoms with Gasteiger partial charge in [0.2, 0.25) is 0 Å². The molecule has 1 radical (unpaired) electrons. The molecule has 2 aromatic carbocycles. The minimum absolute atomic E-state index is 0.671. The summed E-state index contributed by atoms with van der Waals surface area (Å²) in [5.41, 5.74) is 1.20. The van der Waals surface area contributed by atoms with E-state index in [-0.39, 0.29) is 0 Å². The van der Waals surface area contributed by atoms with Crippen LogP contribution in [0.1, 0.15) is 5.56 Å². The zero-order chi connectivity index (χ0) is 9.10. The smallest absolute Gasteiger partial charge is 0.0713 e. The van der Waals surface area contributed by atoms with Gasteiger partial charge in [-0.1, -0.05) is 30.3 Å². The Morgan fingerprint density at radius 3 is 3.08 bits per heavy atom. The molecule has 0 saturated heterocycles. The van der Waals surface area contributed by atoms with Gasteiger partial charge >= 0.3 is 0 Å². The molecule has 0 spiro atoms. The number of fused-ring (bicyclic) bond motifs is 1. The van der Waals surface area contributed by atoms with E-state index in [0.717, 1.165) is 5.39 Å². The molecular formula is C12H11O. The quantitative estimate of drug-likeness (QED) is 0.675. The second-order valence-electron chi connectivity index (χ2n) is 3.02. The fraction of sp³-hybridized carbons (Fsp3) is 0.167. The Morgan fingerprint density at radius 2 is 2.23 bits per heavy atom. The Balaban J connectivity index is 2.49. The van der Waals surface area contributed by atoms with Gasteiger partial charge in [-0.3, -0.25) is 0 Å². The van der Waals surface area contributed by atoms with Crippen molar-refractivity contribution in [2.24, 2.45) is 0 Å². The lowest BCUT2D eigenvalue weighted by Gasteiger charge is -2.01. The van der Waals surface area contributed by atoms with Crippen molar-refractivity contribution in [3.63, 3.8) is 0 Å². The van der Waals surface area contributed by atoms with Crippen molar-refractivity contribution >= 4 is 10.8 Å². The van der Waals surface area contributed by atoms with E-state index in [4.69, 9.17) is 4.74 Å². The molecule has 2 aromatic rings. The Hall–Kier alpha value is -1.34. The van der Waals surface area contributed by atoms with Gasteiger partial charge in [-0.05, 0) is 28.5 Å². The molecule has 0 atom stereocenters. The van der Waals surface area contributed by atoms with E-state index >= 15 is 0 Å². The van der Waals surface area contributed by atoms with Crippen molar-refractivity contribution in [2.75, 3.05) is 7.11 Å². The molecule has 0 heterocycles. The third-order valence-corrected chi connectivity index (χ3v) is 2.04. The molecule has 0 aliphatic rings. The summed E-state index contributed by atoms with van der Waals surface area (Å²) in [6.45, 7) is 0.671. The number of ether oxygens (including phenoxy) is 1. The lowest BCUT2D eigenvalue weighted by atomic mass is 10.1. The van der Waals surface area contributed by atoms with E-state index in [1.807, 2.05) is 12.1 Å². The summed E-state index contributed by atoms with van der Waals surface area (Å²) in [4.78, 5) is 0. The topological polar surface area (TPSA) is 9.23 Å². The van der Waals surface area contributed by atoms with Crippen molar-refractivity contribution in [1.82, 2.24) is 0 Å². The third kappa shape index (κ3) is 1.70. The zero-order valence-electron chi connectivity index (χ0n) is 7.58. The second-order valence-corrected chi connectivity index (χ2v) is 3.02. The summed E-state index contributed by atoms with van der Waals surface area (Å²) in [7, 11) is 1.71. The molecule has 0 bridgehead atoms. The molecule has 2 rings (SSSR count). The van der Waals surface area contributed by atoms with E-state index in [2.05, 4.69) is 30.3 Å². The summed E-state index contributed by atoms with van der Waals surface area (Å²) in [5, 5.41) is 2.37. The van der Waals surface area contributed by atoms with Crippen molar-refractivity contribution in [1.29, 1.82) is 0 Å². The number of hydrogen-bond donors (Lipinski definition) is 0. The highest BCUT2D eigenvalue weighted by Crippen LogP contribution is 2.15. The largest absolute Gasteiger partial charge is 0.380 e. The Bertz CT molecular complexity index is 407. The van der Waals surface area contributed by atoms with Gasteiger partial charge in [-0.2, -0.15) is 0 Å². The first-order valence-corrected chi connectivity index (χ1v) is 4.28. The Labute approximate surface area is 78.0 Å². The highest BCUT2D eigenvalue weighted by molar-refractivity contribution is 5.82. The molecule has 0 aliphatic carbocycles. The maximum absolute atomic E-state index is 5.07. The van der Waals surface area contributed by atoms with Crippen LogP contribution in [0.25, 0.3) is 10.8 Å². The van der Waals surface area contributed by atoms with Crippen LogP contribution in [0.5, 0.6) is 0 Å². The van der Waals surface area contributed by atoms with Crippen LogP contribution >= 0.6 is 0 Å². The number of benzene rings is 2. The average molecular weight is 171 g/mol. The van der Waals surface area contributed by atoms with Crippen LogP contribution in [0.4, 0.5) is 0 Å². The highest BCUT2D eigenvalue weighted by Gasteiger charge is 1.94. The van der Waals surface area contributed by atoms with Gasteiger partial charge < -0.3 is 4.74 Å². The molecule has 0 N–H and O–H groups in total. The van der Waals surface area contributed by atoms with Crippen molar-refractivity contribution in [2.45, 2.75) is 6.61 Å². The van der Waals surface area contributed by atoms with Gasteiger partial charge in [-0.25, -0.2) is 0 Å². The van der Waals surface area contributed by atoms with Crippen molar-refractivity contribution in [3.8, 4) is 0 Å². The van der Waals surface area contributed by atoms with Gasteiger partial charge in [0, 0.05) is 7.11 Å². The van der Waals surface area contributed by atoms with Crippen LogP contribution in [0.15, 0.2) is 36.4 Å². The average Bonchev–Trinajstić information content (AvgIpc) is 2.18. The van der Waals surface area contributed by atoms with E-state index in [9.17, 15) is 0 Å². The maximum atomic E-state index is 5.07. The van der Waals surface area contributed by atoms with Gasteiger partial charge in [0.25, 0.3) is 0 Å². The monoisotopic (exact) mass is 171 g/mol. The van der Waals surface area contributed by atoms with Gasteiger partial charge in [0.05, 0.1) is 6.61 Å². The standard InChI is InChI=1S/C12H11O/c1-13-9-10-6-7-11-4-2-3-5-12(11)8-10/h2-3,5-8H,9H2,1H3.